The second-order valence-corrected chi connectivity index (χ2v) is 10.8. The molecule has 0 spiro atoms. The number of hydrogen-bond acceptors (Lipinski definition) is 9. The summed E-state index contributed by atoms with van der Waals surface area (Å²) in [7, 11) is 1.50. The van der Waals surface area contributed by atoms with Gasteiger partial charge in [-0.15, -0.1) is 0 Å². The van der Waals surface area contributed by atoms with Gasteiger partial charge < -0.3 is 30.2 Å². The molecule has 3 aromatic carbocycles. The summed E-state index contributed by atoms with van der Waals surface area (Å²) < 4.78 is 45.8. The van der Waals surface area contributed by atoms with Crippen LogP contribution in [0.3, 0.4) is 0 Å². The van der Waals surface area contributed by atoms with E-state index in [1.165, 1.54) is 49.7 Å². The highest BCUT2D eigenvalue weighted by Crippen LogP contribution is 2.47. The minimum absolute atomic E-state index is 0.107. The molecule has 1 aliphatic carbocycles. The van der Waals surface area contributed by atoms with Crippen molar-refractivity contribution in [2.75, 3.05) is 37.4 Å². The number of hydroxylamine groups is 1. The summed E-state index contributed by atoms with van der Waals surface area (Å²) >= 11 is 0. The average Bonchev–Trinajstić information content (AvgIpc) is 3.89. The third kappa shape index (κ3) is 8.09. The van der Waals surface area contributed by atoms with Gasteiger partial charge in [0.25, 0.3) is 0 Å². The van der Waals surface area contributed by atoms with Crippen LogP contribution < -0.4 is 35.6 Å². The van der Waals surface area contributed by atoms with Crippen molar-refractivity contribution >= 4 is 40.0 Å². The quantitative estimate of drug-likeness (QED) is 0.0521. The summed E-state index contributed by atoms with van der Waals surface area (Å²) in [6, 6.07) is 14.1. The normalized spacial score (nSPS) is 13.0. The van der Waals surface area contributed by atoms with E-state index in [2.05, 4.69) is 20.9 Å². The number of carbonyl (C=O) groups is 3. The predicted molar refractivity (Wildman–Crippen MR) is 168 cm³/mol. The number of fused-ring (bicyclic) bond motifs is 1. The Labute approximate surface area is 268 Å². The van der Waals surface area contributed by atoms with E-state index in [9.17, 15) is 18.8 Å². The molecule has 1 heterocycles. The van der Waals surface area contributed by atoms with E-state index >= 15 is 4.39 Å². The second kappa shape index (κ2) is 14.8. The molecule has 0 aliphatic heterocycles. The predicted octanol–water partition coefficient (Wildman–Crippen LogP) is 4.93. The number of nitrogens with one attached hydrogen (secondary N) is 4. The average molecular weight is 650 g/mol. The summed E-state index contributed by atoms with van der Waals surface area (Å²) in [5, 5.41) is 17.4. The van der Waals surface area contributed by atoms with Crippen LogP contribution in [0, 0.1) is 17.0 Å². The molecule has 246 valence electrons. The smallest absolute Gasteiger partial charge is 0.244 e. The number of pyridine rings is 1. The summed E-state index contributed by atoms with van der Waals surface area (Å²) in [5.74, 6) is -1.70. The SMILES string of the molecule is COc1cc2nccc(Oc3ccc(NC(=O)C4(C(=O)Nc5ccc(F)cc5)CC4)cc3F)c2cc1OCCCNCCC(=O)NO. The monoisotopic (exact) mass is 649 g/mol. The van der Waals surface area contributed by atoms with Gasteiger partial charge in [-0.25, -0.2) is 14.3 Å². The van der Waals surface area contributed by atoms with Crippen molar-refractivity contribution in [1.29, 1.82) is 0 Å². The van der Waals surface area contributed by atoms with Crippen LogP contribution in [0.15, 0.2) is 66.9 Å². The van der Waals surface area contributed by atoms with Crippen LogP contribution in [0.25, 0.3) is 10.9 Å². The fraction of sp³-hybridized carbons (Fsp3) is 0.273. The Balaban J connectivity index is 1.22. The molecule has 5 rings (SSSR count). The van der Waals surface area contributed by atoms with Crippen molar-refractivity contribution in [2.45, 2.75) is 25.7 Å². The molecular weight excluding hydrogens is 616 g/mol. The number of benzene rings is 3. The molecule has 0 saturated heterocycles. The van der Waals surface area contributed by atoms with Crippen LogP contribution in [-0.4, -0.2) is 54.7 Å². The minimum Gasteiger partial charge on any atom is -0.493 e. The first-order valence-electron chi connectivity index (χ1n) is 14.8. The zero-order chi connectivity index (χ0) is 33.4. The molecule has 0 radical (unpaired) electrons. The maximum Gasteiger partial charge on any atom is 0.244 e. The lowest BCUT2D eigenvalue weighted by Gasteiger charge is -2.16. The van der Waals surface area contributed by atoms with Gasteiger partial charge in [0.15, 0.2) is 23.1 Å². The molecule has 1 saturated carbocycles. The van der Waals surface area contributed by atoms with E-state index in [4.69, 9.17) is 19.4 Å². The first-order valence-corrected chi connectivity index (χ1v) is 14.8. The second-order valence-electron chi connectivity index (χ2n) is 10.8. The number of carbonyl (C=O) groups excluding carboxylic acids is 3. The fourth-order valence-electron chi connectivity index (χ4n) is 4.75. The molecular formula is C33H33F2N5O7. The lowest BCUT2D eigenvalue weighted by atomic mass is 10.0. The van der Waals surface area contributed by atoms with E-state index < -0.39 is 34.8 Å². The molecule has 12 nitrogen and oxygen atoms in total. The van der Waals surface area contributed by atoms with Crippen molar-refractivity contribution < 1.29 is 42.6 Å². The molecule has 3 amide bonds. The van der Waals surface area contributed by atoms with Crippen LogP contribution in [0.4, 0.5) is 20.2 Å². The number of aromatic nitrogens is 1. The van der Waals surface area contributed by atoms with Gasteiger partial charge in [0.2, 0.25) is 17.7 Å². The highest BCUT2D eigenvalue weighted by Gasteiger charge is 2.56. The number of anilines is 2. The fourth-order valence-corrected chi connectivity index (χ4v) is 4.75. The number of hydrogen-bond donors (Lipinski definition) is 5. The largest absolute Gasteiger partial charge is 0.493 e. The third-order valence-corrected chi connectivity index (χ3v) is 7.53. The molecule has 1 aromatic heterocycles. The van der Waals surface area contributed by atoms with E-state index in [0.29, 0.717) is 72.8 Å². The molecule has 1 fully saturated rings. The summed E-state index contributed by atoms with van der Waals surface area (Å²) in [6.07, 6.45) is 2.92. The number of amides is 3. The zero-order valence-corrected chi connectivity index (χ0v) is 25.4. The Hall–Kier alpha value is -5.34. The van der Waals surface area contributed by atoms with E-state index in [-0.39, 0.29) is 17.9 Å². The standard InChI is InChI=1S/C33H33F2N5O7/c1-45-28-19-25-23(18-29(28)46-16-2-13-36-14-10-30(41)40-44)26(9-15-37-25)47-27-8-7-22(17-24(27)35)39-32(43)33(11-12-33)31(42)38-21-5-3-20(34)4-6-21/h3-9,15,17-19,36,44H,2,10-14,16H2,1H3,(H,38,42)(H,39,43)(H,40,41). The van der Waals surface area contributed by atoms with Gasteiger partial charge in [0, 0.05) is 48.1 Å². The van der Waals surface area contributed by atoms with Crippen molar-refractivity contribution in [2.24, 2.45) is 5.41 Å². The van der Waals surface area contributed by atoms with Crippen LogP contribution >= 0.6 is 0 Å². The van der Waals surface area contributed by atoms with E-state index in [1.807, 2.05) is 0 Å². The van der Waals surface area contributed by atoms with Crippen molar-refractivity contribution in [1.82, 2.24) is 15.8 Å². The van der Waals surface area contributed by atoms with E-state index in [1.54, 1.807) is 23.7 Å². The number of methoxy groups -OCH3 is 1. The number of ether oxygens (including phenoxy) is 3. The highest BCUT2D eigenvalue weighted by atomic mass is 19.1. The first-order chi connectivity index (χ1) is 22.7. The molecule has 5 N–H and O–H groups in total. The van der Waals surface area contributed by atoms with Gasteiger partial charge in [-0.1, -0.05) is 0 Å². The van der Waals surface area contributed by atoms with Crippen LogP contribution in [0.1, 0.15) is 25.7 Å². The molecule has 0 bridgehead atoms. The van der Waals surface area contributed by atoms with Crippen molar-refractivity contribution in [3.05, 3.63) is 78.5 Å². The third-order valence-electron chi connectivity index (χ3n) is 7.53. The van der Waals surface area contributed by atoms with Crippen LogP contribution in [0.2, 0.25) is 0 Å². The minimum atomic E-state index is -1.30. The lowest BCUT2D eigenvalue weighted by molar-refractivity contribution is -0.131. The number of rotatable bonds is 15. The summed E-state index contributed by atoms with van der Waals surface area (Å²) in [4.78, 5) is 41.3. The van der Waals surface area contributed by atoms with Gasteiger partial charge >= 0.3 is 0 Å². The molecule has 0 atom stereocenters. The molecule has 4 aromatic rings. The Kier molecular flexibility index (Phi) is 10.4. The van der Waals surface area contributed by atoms with Crippen molar-refractivity contribution in [3.8, 4) is 23.0 Å². The maximum atomic E-state index is 15.2. The van der Waals surface area contributed by atoms with E-state index in [0.717, 1.165) is 6.07 Å². The topological polar surface area (TPSA) is 160 Å². The maximum absolute atomic E-state index is 15.2. The number of nitrogens with zero attached hydrogens (tertiary/aromatic N) is 1. The molecule has 1 aliphatic rings. The Morgan fingerprint density at radius 1 is 0.872 bits per heavy atom. The molecule has 14 heteroatoms. The Bertz CT molecular complexity index is 1770. The Morgan fingerprint density at radius 2 is 1.60 bits per heavy atom. The van der Waals surface area contributed by atoms with Gasteiger partial charge in [0.05, 0.1) is 19.2 Å². The summed E-state index contributed by atoms with van der Waals surface area (Å²) in [5.41, 5.74) is 1.31. The highest BCUT2D eigenvalue weighted by molar-refractivity contribution is 6.16. The van der Waals surface area contributed by atoms with Gasteiger partial charge in [-0.3, -0.25) is 24.6 Å². The Morgan fingerprint density at radius 3 is 2.28 bits per heavy atom. The lowest BCUT2D eigenvalue weighted by Crippen LogP contribution is -2.35. The molecule has 0 unspecified atom stereocenters. The van der Waals surface area contributed by atoms with Crippen LogP contribution in [0.5, 0.6) is 23.0 Å². The molecule has 47 heavy (non-hydrogen) atoms. The van der Waals surface area contributed by atoms with Gasteiger partial charge in [0.1, 0.15) is 17.0 Å². The zero-order valence-electron chi connectivity index (χ0n) is 25.4. The first kappa shape index (κ1) is 33.0. The van der Waals surface area contributed by atoms with Crippen LogP contribution in [-0.2, 0) is 14.4 Å². The summed E-state index contributed by atoms with van der Waals surface area (Å²) in [6.45, 7) is 1.30. The van der Waals surface area contributed by atoms with Gasteiger partial charge in [-0.2, -0.15) is 0 Å². The van der Waals surface area contributed by atoms with Crippen molar-refractivity contribution in [3.63, 3.8) is 0 Å². The number of halogens is 2. The van der Waals surface area contributed by atoms with Gasteiger partial charge in [-0.05, 0) is 74.3 Å².